The van der Waals surface area contributed by atoms with Gasteiger partial charge in [0.2, 0.25) is 0 Å². The summed E-state index contributed by atoms with van der Waals surface area (Å²) in [4.78, 5) is 21.5. The molecule has 17 heavy (non-hydrogen) atoms. The number of carboxylic acid groups (broad SMARTS) is 2. The lowest BCUT2D eigenvalue weighted by Gasteiger charge is -2.00. The minimum atomic E-state index is -1.20. The summed E-state index contributed by atoms with van der Waals surface area (Å²) in [6, 6.07) is 3.29. The Morgan fingerprint density at radius 1 is 1.35 bits per heavy atom. The number of furan rings is 1. The molecule has 0 amide bonds. The maximum Gasteiger partial charge on any atom is 0.336 e. The van der Waals surface area contributed by atoms with Crippen LogP contribution in [-0.4, -0.2) is 22.2 Å². The van der Waals surface area contributed by atoms with Gasteiger partial charge in [-0.05, 0) is 53.3 Å². The van der Waals surface area contributed by atoms with Gasteiger partial charge in [0, 0.05) is 6.08 Å². The lowest BCUT2D eigenvalue weighted by Crippen LogP contribution is -2.03. The molecule has 0 unspecified atom stereocenters. The quantitative estimate of drug-likeness (QED) is 0.496. The third-order valence-corrected chi connectivity index (χ3v) is 2.46. The van der Waals surface area contributed by atoms with Crippen molar-refractivity contribution in [2.75, 3.05) is 0 Å². The smallest absolute Gasteiger partial charge is 0.336 e. The molecule has 90 valence electrons. The summed E-state index contributed by atoms with van der Waals surface area (Å²) in [7, 11) is 0. The molecule has 1 rings (SSSR count). The molecule has 1 aromatic rings. The van der Waals surface area contributed by atoms with Crippen molar-refractivity contribution in [2.45, 2.75) is 6.92 Å². The van der Waals surface area contributed by atoms with Crippen LogP contribution in [0.15, 0.2) is 33.8 Å². The van der Waals surface area contributed by atoms with Crippen LogP contribution in [0.1, 0.15) is 12.7 Å². The van der Waals surface area contributed by atoms with Gasteiger partial charge in [-0.1, -0.05) is 0 Å². The molecule has 0 fully saturated rings. The maximum absolute atomic E-state index is 11.0. The van der Waals surface area contributed by atoms with E-state index in [0.29, 0.717) is 9.53 Å². The molecule has 0 bridgehead atoms. The largest absolute Gasteiger partial charge is 0.478 e. The van der Waals surface area contributed by atoms with Crippen molar-refractivity contribution < 1.29 is 24.2 Å². The van der Waals surface area contributed by atoms with Gasteiger partial charge in [-0.2, -0.15) is 0 Å². The van der Waals surface area contributed by atoms with E-state index in [-0.39, 0.29) is 11.1 Å². The zero-order valence-corrected chi connectivity index (χ0v) is 11.0. The molecule has 1 aromatic heterocycles. The SMILES string of the molecule is CC(=CC(=O)O)C(=Cc1ccc(I)o1)C(=O)O. The molecule has 0 saturated heterocycles. The zero-order valence-electron chi connectivity index (χ0n) is 8.81. The Balaban J connectivity index is 3.14. The van der Waals surface area contributed by atoms with Crippen LogP contribution >= 0.6 is 22.6 Å². The topological polar surface area (TPSA) is 87.7 Å². The molecule has 1 heterocycles. The third kappa shape index (κ3) is 4.06. The standard InChI is InChI=1S/C11H9IO5/c1-6(4-10(13)14)8(11(15)16)5-7-2-3-9(12)17-7/h2-5H,1H3,(H,13,14)(H,15,16). The van der Waals surface area contributed by atoms with Gasteiger partial charge < -0.3 is 14.6 Å². The van der Waals surface area contributed by atoms with Crippen molar-refractivity contribution in [1.82, 2.24) is 0 Å². The van der Waals surface area contributed by atoms with E-state index in [1.807, 2.05) is 22.6 Å². The van der Waals surface area contributed by atoms with Crippen molar-refractivity contribution in [2.24, 2.45) is 0 Å². The minimum absolute atomic E-state index is 0.113. The molecular formula is C11H9IO5. The summed E-state index contributed by atoms with van der Waals surface area (Å²) in [6.07, 6.45) is 2.13. The van der Waals surface area contributed by atoms with Crippen LogP contribution in [0.3, 0.4) is 0 Å². The van der Waals surface area contributed by atoms with Gasteiger partial charge >= 0.3 is 11.9 Å². The van der Waals surface area contributed by atoms with Crippen molar-refractivity contribution in [3.63, 3.8) is 0 Å². The summed E-state index contributed by atoms with van der Waals surface area (Å²) in [5.74, 6) is -2.03. The number of hydrogen-bond donors (Lipinski definition) is 2. The molecule has 0 spiro atoms. The van der Waals surface area contributed by atoms with E-state index >= 15 is 0 Å². The summed E-state index contributed by atoms with van der Waals surface area (Å²) in [5.41, 5.74) is 0.0366. The zero-order chi connectivity index (χ0) is 13.0. The average Bonchev–Trinajstić information content (AvgIpc) is 2.58. The highest BCUT2D eigenvalue weighted by Crippen LogP contribution is 2.17. The second kappa shape index (κ2) is 5.67. The van der Waals surface area contributed by atoms with Crippen LogP contribution in [0.25, 0.3) is 6.08 Å². The van der Waals surface area contributed by atoms with Crippen molar-refractivity contribution in [3.8, 4) is 0 Å². The molecule has 0 saturated carbocycles. The van der Waals surface area contributed by atoms with E-state index < -0.39 is 11.9 Å². The van der Waals surface area contributed by atoms with Gasteiger partial charge in [-0.15, -0.1) is 0 Å². The third-order valence-electron chi connectivity index (χ3n) is 1.88. The minimum Gasteiger partial charge on any atom is -0.478 e. The Morgan fingerprint density at radius 3 is 2.41 bits per heavy atom. The number of rotatable bonds is 4. The van der Waals surface area contributed by atoms with Crippen LogP contribution in [0.2, 0.25) is 0 Å². The second-order valence-electron chi connectivity index (χ2n) is 3.17. The first-order valence-electron chi connectivity index (χ1n) is 4.52. The van der Waals surface area contributed by atoms with Crippen LogP contribution in [0, 0.1) is 3.77 Å². The maximum atomic E-state index is 11.0. The van der Waals surface area contributed by atoms with Gasteiger partial charge in [-0.3, -0.25) is 0 Å². The first kappa shape index (κ1) is 13.5. The Labute approximate surface area is 111 Å². The Morgan fingerprint density at radius 2 is 2.00 bits per heavy atom. The van der Waals surface area contributed by atoms with Gasteiger partial charge in [0.25, 0.3) is 0 Å². The lowest BCUT2D eigenvalue weighted by atomic mass is 10.1. The average molecular weight is 348 g/mol. The molecule has 0 aromatic carbocycles. The molecular weight excluding hydrogens is 339 g/mol. The highest BCUT2D eigenvalue weighted by atomic mass is 127. The van der Waals surface area contributed by atoms with Gasteiger partial charge in [0.15, 0.2) is 3.77 Å². The van der Waals surface area contributed by atoms with Crippen LogP contribution in [0.4, 0.5) is 0 Å². The van der Waals surface area contributed by atoms with Crippen molar-refractivity contribution in [1.29, 1.82) is 0 Å². The molecule has 0 aliphatic heterocycles. The van der Waals surface area contributed by atoms with E-state index in [4.69, 9.17) is 14.6 Å². The Kier molecular flexibility index (Phi) is 4.50. The normalized spacial score (nSPS) is 12.6. The fourth-order valence-electron chi connectivity index (χ4n) is 1.16. The molecule has 6 heteroatoms. The molecule has 0 aliphatic rings. The van der Waals surface area contributed by atoms with Crippen molar-refractivity contribution >= 4 is 40.6 Å². The summed E-state index contributed by atoms with van der Waals surface area (Å²) in [6.45, 7) is 1.42. The molecule has 5 nitrogen and oxygen atoms in total. The number of carbonyl (C=O) groups is 2. The highest BCUT2D eigenvalue weighted by Gasteiger charge is 2.12. The van der Waals surface area contributed by atoms with Crippen molar-refractivity contribution in [3.05, 3.63) is 38.9 Å². The molecule has 2 N–H and O–H groups in total. The van der Waals surface area contributed by atoms with E-state index in [9.17, 15) is 9.59 Å². The van der Waals surface area contributed by atoms with Gasteiger partial charge in [0.1, 0.15) is 5.76 Å². The summed E-state index contributed by atoms with van der Waals surface area (Å²) >= 11 is 1.95. The number of hydrogen-bond acceptors (Lipinski definition) is 3. The second-order valence-corrected chi connectivity index (χ2v) is 4.23. The highest BCUT2D eigenvalue weighted by molar-refractivity contribution is 14.1. The molecule has 0 atom stereocenters. The number of halogens is 1. The predicted molar refractivity (Wildman–Crippen MR) is 68.4 cm³/mol. The predicted octanol–water partition coefficient (Wildman–Crippen LogP) is 2.38. The summed E-state index contributed by atoms with van der Waals surface area (Å²) in [5, 5.41) is 17.5. The number of aliphatic carboxylic acids is 2. The van der Waals surface area contributed by atoms with Crippen LogP contribution in [0.5, 0.6) is 0 Å². The van der Waals surface area contributed by atoms with Gasteiger partial charge in [-0.25, -0.2) is 9.59 Å². The first-order valence-corrected chi connectivity index (χ1v) is 5.60. The fourth-order valence-corrected chi connectivity index (χ4v) is 1.59. The Bertz CT molecular complexity index is 510. The number of carboxylic acids is 2. The Hall–Kier alpha value is -1.57. The molecule has 0 aliphatic carbocycles. The van der Waals surface area contributed by atoms with Crippen LogP contribution < -0.4 is 0 Å². The van der Waals surface area contributed by atoms with E-state index in [1.165, 1.54) is 13.0 Å². The fraction of sp³-hybridized carbons (Fsp3) is 0.0909. The van der Waals surface area contributed by atoms with Crippen LogP contribution in [-0.2, 0) is 9.59 Å². The lowest BCUT2D eigenvalue weighted by molar-refractivity contribution is -0.132. The first-order chi connectivity index (χ1) is 7.90. The molecule has 0 radical (unpaired) electrons. The summed E-state index contributed by atoms with van der Waals surface area (Å²) < 4.78 is 5.82. The monoisotopic (exact) mass is 348 g/mol. The van der Waals surface area contributed by atoms with E-state index in [1.54, 1.807) is 12.1 Å². The van der Waals surface area contributed by atoms with Gasteiger partial charge in [0.05, 0.1) is 5.57 Å². The van der Waals surface area contributed by atoms with E-state index in [2.05, 4.69) is 0 Å². The van der Waals surface area contributed by atoms with E-state index in [0.717, 1.165) is 6.08 Å².